The molecular weight excluding hydrogens is 361 g/mol. The molecule has 8 heteroatoms. The maximum absolute atomic E-state index is 12.2. The third kappa shape index (κ3) is 5.73. The molecule has 0 aliphatic heterocycles. The molecule has 0 radical (unpaired) electrons. The lowest BCUT2D eigenvalue weighted by atomic mass is 10.1. The Morgan fingerprint density at radius 2 is 1.63 bits per heavy atom. The van der Waals surface area contributed by atoms with E-state index in [1.54, 1.807) is 24.3 Å². The number of carbonyl (C=O) groups is 2. The van der Waals surface area contributed by atoms with Crippen LogP contribution in [0.5, 0.6) is 5.75 Å². The molecular formula is C19H17F3N2O3. The van der Waals surface area contributed by atoms with Crippen molar-refractivity contribution in [2.24, 2.45) is 5.92 Å². The molecule has 0 spiro atoms. The van der Waals surface area contributed by atoms with Gasteiger partial charge < -0.3 is 15.4 Å². The van der Waals surface area contributed by atoms with Gasteiger partial charge in [-0.15, -0.1) is 13.2 Å². The van der Waals surface area contributed by atoms with Gasteiger partial charge in [0.15, 0.2) is 0 Å². The second-order valence-electron chi connectivity index (χ2n) is 6.22. The summed E-state index contributed by atoms with van der Waals surface area (Å²) in [6.45, 7) is 0.158. The molecule has 3 rings (SSSR count). The minimum Gasteiger partial charge on any atom is -0.406 e. The molecule has 0 atom stereocenters. The van der Waals surface area contributed by atoms with Crippen molar-refractivity contribution < 1.29 is 27.5 Å². The quantitative estimate of drug-likeness (QED) is 0.802. The molecule has 0 unspecified atom stereocenters. The Kier molecular flexibility index (Phi) is 5.34. The standard InChI is InChI=1S/C19H17F3N2O3/c20-19(21,22)27-16-9-1-12(2-10-16)11-23-17(25)13-5-7-15(8-6-13)24-18(26)14-3-4-14/h1-2,5-10,14H,3-4,11H2,(H,23,25)(H,24,26). The maximum atomic E-state index is 12.2. The highest BCUT2D eigenvalue weighted by Crippen LogP contribution is 2.30. The number of anilines is 1. The molecule has 2 aromatic rings. The summed E-state index contributed by atoms with van der Waals surface area (Å²) in [5.74, 6) is -0.557. The summed E-state index contributed by atoms with van der Waals surface area (Å²) in [6.07, 6.45) is -2.91. The van der Waals surface area contributed by atoms with E-state index in [-0.39, 0.29) is 30.0 Å². The van der Waals surface area contributed by atoms with Crippen molar-refractivity contribution in [2.45, 2.75) is 25.7 Å². The van der Waals surface area contributed by atoms with Crippen LogP contribution in [0.25, 0.3) is 0 Å². The van der Waals surface area contributed by atoms with Crippen LogP contribution in [0.2, 0.25) is 0 Å². The molecule has 1 fully saturated rings. The second kappa shape index (κ2) is 7.69. The highest BCUT2D eigenvalue weighted by atomic mass is 19.4. The minimum absolute atomic E-state index is 0.00912. The Hall–Kier alpha value is -3.03. The summed E-state index contributed by atoms with van der Waals surface area (Å²) in [5, 5.41) is 5.47. The topological polar surface area (TPSA) is 67.4 Å². The molecule has 0 heterocycles. The number of amides is 2. The summed E-state index contributed by atoms with van der Waals surface area (Å²) in [6, 6.07) is 11.8. The number of carbonyl (C=O) groups excluding carboxylic acids is 2. The number of rotatable bonds is 6. The molecule has 1 aliphatic rings. The molecule has 0 aromatic heterocycles. The van der Waals surface area contributed by atoms with Gasteiger partial charge in [0.25, 0.3) is 5.91 Å². The fourth-order valence-electron chi connectivity index (χ4n) is 2.39. The van der Waals surface area contributed by atoms with Gasteiger partial charge in [0.2, 0.25) is 5.91 Å². The summed E-state index contributed by atoms with van der Waals surface area (Å²) in [7, 11) is 0. The Morgan fingerprint density at radius 3 is 2.19 bits per heavy atom. The van der Waals surface area contributed by atoms with Crippen LogP contribution < -0.4 is 15.4 Å². The first kappa shape index (κ1) is 18.8. The SMILES string of the molecule is O=C(NCc1ccc(OC(F)(F)F)cc1)c1ccc(NC(=O)C2CC2)cc1. The van der Waals surface area contributed by atoms with Gasteiger partial charge in [-0.3, -0.25) is 9.59 Å². The molecule has 5 nitrogen and oxygen atoms in total. The molecule has 2 aromatic carbocycles. The van der Waals surface area contributed by atoms with Crippen molar-refractivity contribution in [3.63, 3.8) is 0 Å². The van der Waals surface area contributed by atoms with Crippen molar-refractivity contribution in [1.82, 2.24) is 5.32 Å². The highest BCUT2D eigenvalue weighted by molar-refractivity contribution is 5.96. The number of halogens is 3. The van der Waals surface area contributed by atoms with Gasteiger partial charge in [0.05, 0.1) is 0 Å². The van der Waals surface area contributed by atoms with Crippen LogP contribution in [0.15, 0.2) is 48.5 Å². The van der Waals surface area contributed by atoms with Gasteiger partial charge in [0.1, 0.15) is 5.75 Å². The van der Waals surface area contributed by atoms with Crippen LogP contribution in [0.4, 0.5) is 18.9 Å². The Labute approximate surface area is 153 Å². The van der Waals surface area contributed by atoms with E-state index in [9.17, 15) is 22.8 Å². The maximum Gasteiger partial charge on any atom is 0.573 e. The Balaban J connectivity index is 1.50. The number of hydrogen-bond donors (Lipinski definition) is 2. The fourth-order valence-corrected chi connectivity index (χ4v) is 2.39. The van der Waals surface area contributed by atoms with Gasteiger partial charge in [-0.1, -0.05) is 12.1 Å². The van der Waals surface area contributed by atoms with Crippen LogP contribution in [0.3, 0.4) is 0 Å². The fraction of sp³-hybridized carbons (Fsp3) is 0.263. The minimum atomic E-state index is -4.74. The van der Waals surface area contributed by atoms with Crippen LogP contribution in [-0.2, 0) is 11.3 Å². The van der Waals surface area contributed by atoms with Crippen molar-refractivity contribution in [2.75, 3.05) is 5.32 Å². The van der Waals surface area contributed by atoms with E-state index in [4.69, 9.17) is 0 Å². The summed E-state index contributed by atoms with van der Waals surface area (Å²) >= 11 is 0. The van der Waals surface area contributed by atoms with Gasteiger partial charge in [-0.2, -0.15) is 0 Å². The summed E-state index contributed by atoms with van der Waals surface area (Å²) in [5.41, 5.74) is 1.67. The second-order valence-corrected chi connectivity index (χ2v) is 6.22. The average Bonchev–Trinajstić information content (AvgIpc) is 3.45. The largest absolute Gasteiger partial charge is 0.573 e. The molecule has 27 heavy (non-hydrogen) atoms. The monoisotopic (exact) mass is 378 g/mol. The first-order valence-electron chi connectivity index (χ1n) is 8.34. The number of nitrogens with one attached hydrogen (secondary N) is 2. The molecule has 0 saturated heterocycles. The van der Waals surface area contributed by atoms with E-state index in [2.05, 4.69) is 15.4 Å². The zero-order valence-corrected chi connectivity index (χ0v) is 14.2. The lowest BCUT2D eigenvalue weighted by molar-refractivity contribution is -0.274. The van der Waals surface area contributed by atoms with E-state index in [1.165, 1.54) is 24.3 Å². The highest BCUT2D eigenvalue weighted by Gasteiger charge is 2.31. The summed E-state index contributed by atoms with van der Waals surface area (Å²) < 4.78 is 40.2. The van der Waals surface area contributed by atoms with Crippen molar-refractivity contribution in [1.29, 1.82) is 0 Å². The molecule has 2 N–H and O–H groups in total. The number of benzene rings is 2. The van der Waals surface area contributed by atoms with Gasteiger partial charge >= 0.3 is 6.36 Å². The Morgan fingerprint density at radius 1 is 1.00 bits per heavy atom. The zero-order valence-electron chi connectivity index (χ0n) is 14.2. The number of ether oxygens (including phenoxy) is 1. The van der Waals surface area contributed by atoms with E-state index < -0.39 is 6.36 Å². The van der Waals surface area contributed by atoms with Gasteiger partial charge in [0, 0.05) is 23.7 Å². The van der Waals surface area contributed by atoms with Crippen LogP contribution in [0.1, 0.15) is 28.8 Å². The first-order valence-corrected chi connectivity index (χ1v) is 8.34. The zero-order chi connectivity index (χ0) is 19.4. The average molecular weight is 378 g/mol. The van der Waals surface area contributed by atoms with E-state index in [1.807, 2.05) is 0 Å². The molecule has 142 valence electrons. The lowest BCUT2D eigenvalue weighted by Crippen LogP contribution is -2.23. The third-order valence-corrected chi connectivity index (χ3v) is 3.97. The molecule has 2 amide bonds. The lowest BCUT2D eigenvalue weighted by Gasteiger charge is -2.10. The van der Waals surface area contributed by atoms with E-state index in [0.29, 0.717) is 16.8 Å². The van der Waals surface area contributed by atoms with Crippen molar-refractivity contribution in [3.05, 3.63) is 59.7 Å². The van der Waals surface area contributed by atoms with Crippen LogP contribution in [-0.4, -0.2) is 18.2 Å². The Bertz CT molecular complexity index is 814. The van der Waals surface area contributed by atoms with Gasteiger partial charge in [-0.25, -0.2) is 0 Å². The molecule has 1 aliphatic carbocycles. The number of hydrogen-bond acceptors (Lipinski definition) is 3. The normalized spacial score (nSPS) is 13.7. The molecule has 0 bridgehead atoms. The van der Waals surface area contributed by atoms with Crippen LogP contribution in [0, 0.1) is 5.92 Å². The van der Waals surface area contributed by atoms with Gasteiger partial charge in [-0.05, 0) is 54.8 Å². The van der Waals surface area contributed by atoms with E-state index in [0.717, 1.165) is 12.8 Å². The third-order valence-electron chi connectivity index (χ3n) is 3.97. The van der Waals surface area contributed by atoms with Crippen molar-refractivity contribution >= 4 is 17.5 Å². The number of alkyl halides is 3. The summed E-state index contributed by atoms with van der Waals surface area (Å²) in [4.78, 5) is 23.8. The predicted molar refractivity (Wildman–Crippen MR) is 92.1 cm³/mol. The van der Waals surface area contributed by atoms with Crippen molar-refractivity contribution in [3.8, 4) is 5.75 Å². The molecule has 1 saturated carbocycles. The predicted octanol–water partition coefficient (Wildman–Crippen LogP) is 3.86. The van der Waals surface area contributed by atoms with Crippen LogP contribution >= 0.6 is 0 Å². The van der Waals surface area contributed by atoms with E-state index >= 15 is 0 Å². The smallest absolute Gasteiger partial charge is 0.406 e. The first-order chi connectivity index (χ1) is 12.8.